The molecule has 0 aliphatic carbocycles. The fourth-order valence-electron chi connectivity index (χ4n) is 2.11. The molecule has 0 radical (unpaired) electrons. The zero-order valence-electron chi connectivity index (χ0n) is 11.5. The van der Waals surface area contributed by atoms with Gasteiger partial charge >= 0.3 is 5.97 Å². The fraction of sp³-hybridized carbons (Fsp3) is 0.615. The number of nitrogens with zero attached hydrogens (tertiary/aromatic N) is 3. The molecule has 1 aromatic heterocycles. The standard InChI is InChI=1S/C13H19N3O3/c1-8(2)12-14-6-10(11(15-12)13(17)18)16(3)9-4-5-19-7-9/h6,8-9H,4-5,7H2,1-3H3,(H,17,18). The zero-order valence-corrected chi connectivity index (χ0v) is 11.5. The van der Waals surface area contributed by atoms with E-state index in [4.69, 9.17) is 4.74 Å². The maximum Gasteiger partial charge on any atom is 0.356 e. The van der Waals surface area contributed by atoms with Gasteiger partial charge in [0, 0.05) is 19.6 Å². The minimum atomic E-state index is -1.02. The average molecular weight is 265 g/mol. The number of aromatic nitrogens is 2. The Balaban J connectivity index is 2.35. The van der Waals surface area contributed by atoms with Crippen molar-refractivity contribution in [2.45, 2.75) is 32.2 Å². The van der Waals surface area contributed by atoms with Crippen LogP contribution in [0.5, 0.6) is 0 Å². The molecule has 0 aromatic carbocycles. The molecule has 1 aliphatic rings. The van der Waals surface area contributed by atoms with E-state index in [1.54, 1.807) is 6.20 Å². The van der Waals surface area contributed by atoms with Crippen molar-refractivity contribution in [3.8, 4) is 0 Å². The molecule has 1 unspecified atom stereocenters. The van der Waals surface area contributed by atoms with E-state index in [0.29, 0.717) is 24.7 Å². The normalized spacial score (nSPS) is 18.8. The molecular formula is C13H19N3O3. The first-order valence-corrected chi connectivity index (χ1v) is 6.41. The Labute approximate surface area is 112 Å². The molecule has 2 heterocycles. The third-order valence-electron chi connectivity index (χ3n) is 3.34. The second-order valence-electron chi connectivity index (χ2n) is 5.05. The summed E-state index contributed by atoms with van der Waals surface area (Å²) in [6.07, 6.45) is 2.49. The largest absolute Gasteiger partial charge is 0.476 e. The van der Waals surface area contributed by atoms with Crippen LogP contribution < -0.4 is 4.90 Å². The second kappa shape index (κ2) is 5.52. The number of likely N-dealkylation sites (N-methyl/N-ethyl adjacent to an activating group) is 1. The molecule has 0 bridgehead atoms. The number of hydrogen-bond acceptors (Lipinski definition) is 5. The van der Waals surface area contributed by atoms with Crippen LogP contribution in [0.2, 0.25) is 0 Å². The van der Waals surface area contributed by atoms with Crippen molar-refractivity contribution in [2.24, 2.45) is 0 Å². The summed E-state index contributed by atoms with van der Waals surface area (Å²) in [6.45, 7) is 5.20. The first-order chi connectivity index (χ1) is 9.00. The van der Waals surface area contributed by atoms with Gasteiger partial charge in [-0.3, -0.25) is 0 Å². The number of hydrogen-bond donors (Lipinski definition) is 1. The summed E-state index contributed by atoms with van der Waals surface area (Å²) < 4.78 is 5.33. The Kier molecular flexibility index (Phi) is 3.99. The Morgan fingerprint density at radius 2 is 2.32 bits per heavy atom. The molecule has 0 saturated carbocycles. The lowest BCUT2D eigenvalue weighted by Gasteiger charge is -2.26. The number of carboxylic acids is 1. The van der Waals surface area contributed by atoms with Crippen LogP contribution in [0.3, 0.4) is 0 Å². The van der Waals surface area contributed by atoms with Crippen molar-refractivity contribution in [3.63, 3.8) is 0 Å². The number of anilines is 1. The summed E-state index contributed by atoms with van der Waals surface area (Å²) in [4.78, 5) is 21.7. The number of carboxylic acid groups (broad SMARTS) is 1. The van der Waals surface area contributed by atoms with Gasteiger partial charge in [-0.15, -0.1) is 0 Å². The Hall–Kier alpha value is -1.69. The molecule has 1 N–H and O–H groups in total. The van der Waals surface area contributed by atoms with Gasteiger partial charge in [0.1, 0.15) is 5.82 Å². The lowest BCUT2D eigenvalue weighted by molar-refractivity contribution is 0.0690. The summed E-state index contributed by atoms with van der Waals surface area (Å²) in [7, 11) is 1.86. The number of rotatable bonds is 4. The van der Waals surface area contributed by atoms with E-state index < -0.39 is 5.97 Å². The average Bonchev–Trinajstić information content (AvgIpc) is 2.90. The van der Waals surface area contributed by atoms with Crippen molar-refractivity contribution in [3.05, 3.63) is 17.7 Å². The molecular weight excluding hydrogens is 246 g/mol. The Bertz CT molecular complexity index is 470. The van der Waals surface area contributed by atoms with Crippen LogP contribution in [0.25, 0.3) is 0 Å². The Morgan fingerprint density at radius 1 is 1.58 bits per heavy atom. The monoisotopic (exact) mass is 265 g/mol. The molecule has 6 nitrogen and oxygen atoms in total. The number of carbonyl (C=O) groups is 1. The third-order valence-corrected chi connectivity index (χ3v) is 3.34. The van der Waals surface area contributed by atoms with Crippen molar-refractivity contribution in [2.75, 3.05) is 25.2 Å². The molecule has 0 amide bonds. The van der Waals surface area contributed by atoms with Crippen LogP contribution in [-0.4, -0.2) is 47.3 Å². The maximum atomic E-state index is 11.4. The second-order valence-corrected chi connectivity index (χ2v) is 5.05. The fourth-order valence-corrected chi connectivity index (χ4v) is 2.11. The van der Waals surface area contributed by atoms with Crippen molar-refractivity contribution in [1.29, 1.82) is 0 Å². The van der Waals surface area contributed by atoms with E-state index in [-0.39, 0.29) is 17.7 Å². The van der Waals surface area contributed by atoms with E-state index in [2.05, 4.69) is 9.97 Å². The van der Waals surface area contributed by atoms with Gasteiger partial charge in [0.15, 0.2) is 5.69 Å². The Morgan fingerprint density at radius 3 is 2.84 bits per heavy atom. The smallest absolute Gasteiger partial charge is 0.356 e. The van der Waals surface area contributed by atoms with Crippen LogP contribution in [0.1, 0.15) is 42.5 Å². The minimum Gasteiger partial charge on any atom is -0.476 e. The summed E-state index contributed by atoms with van der Waals surface area (Å²) in [5.74, 6) is -0.366. The molecule has 19 heavy (non-hydrogen) atoms. The van der Waals surface area contributed by atoms with Gasteiger partial charge in [-0.2, -0.15) is 0 Å². The predicted octanol–water partition coefficient (Wildman–Crippen LogP) is 1.52. The van der Waals surface area contributed by atoms with Crippen LogP contribution in [0.15, 0.2) is 6.20 Å². The molecule has 2 rings (SSSR count). The van der Waals surface area contributed by atoms with Crippen molar-refractivity contribution < 1.29 is 14.6 Å². The number of aromatic carboxylic acids is 1. The maximum absolute atomic E-state index is 11.4. The van der Waals surface area contributed by atoms with E-state index in [9.17, 15) is 9.90 Å². The summed E-state index contributed by atoms with van der Waals surface area (Å²) in [5.41, 5.74) is 0.612. The first-order valence-electron chi connectivity index (χ1n) is 6.41. The predicted molar refractivity (Wildman–Crippen MR) is 70.7 cm³/mol. The van der Waals surface area contributed by atoms with Gasteiger partial charge in [0.05, 0.1) is 24.5 Å². The lowest BCUT2D eigenvalue weighted by atomic mass is 10.1. The highest BCUT2D eigenvalue weighted by molar-refractivity contribution is 5.92. The molecule has 1 aromatic rings. The summed E-state index contributed by atoms with van der Waals surface area (Å²) in [6, 6.07) is 0.187. The molecule has 1 aliphatic heterocycles. The number of ether oxygens (including phenoxy) is 1. The molecule has 1 saturated heterocycles. The molecule has 1 fully saturated rings. The third kappa shape index (κ3) is 2.84. The van der Waals surface area contributed by atoms with Gasteiger partial charge < -0.3 is 14.7 Å². The van der Waals surface area contributed by atoms with E-state index in [0.717, 1.165) is 6.42 Å². The van der Waals surface area contributed by atoms with Gasteiger partial charge in [0.2, 0.25) is 0 Å². The van der Waals surface area contributed by atoms with E-state index >= 15 is 0 Å². The highest BCUT2D eigenvalue weighted by Gasteiger charge is 2.25. The van der Waals surface area contributed by atoms with Gasteiger partial charge in [-0.05, 0) is 6.42 Å². The van der Waals surface area contributed by atoms with Crippen LogP contribution in [0.4, 0.5) is 5.69 Å². The molecule has 104 valence electrons. The van der Waals surface area contributed by atoms with E-state index in [1.165, 1.54) is 0 Å². The van der Waals surface area contributed by atoms with Gasteiger partial charge in [-0.25, -0.2) is 14.8 Å². The minimum absolute atomic E-state index is 0.0631. The molecule has 0 spiro atoms. The van der Waals surface area contributed by atoms with Crippen LogP contribution >= 0.6 is 0 Å². The molecule has 6 heteroatoms. The highest BCUT2D eigenvalue weighted by Crippen LogP contribution is 2.24. The van der Waals surface area contributed by atoms with Crippen molar-refractivity contribution >= 4 is 11.7 Å². The first kappa shape index (κ1) is 13.7. The van der Waals surface area contributed by atoms with Crippen LogP contribution in [0, 0.1) is 0 Å². The van der Waals surface area contributed by atoms with Gasteiger partial charge in [-0.1, -0.05) is 13.8 Å². The quantitative estimate of drug-likeness (QED) is 0.889. The zero-order chi connectivity index (χ0) is 14.0. The van der Waals surface area contributed by atoms with E-state index in [1.807, 2.05) is 25.8 Å². The summed E-state index contributed by atoms with van der Waals surface area (Å²) in [5, 5.41) is 9.32. The molecule has 1 atom stereocenters. The highest BCUT2D eigenvalue weighted by atomic mass is 16.5. The van der Waals surface area contributed by atoms with Crippen molar-refractivity contribution in [1.82, 2.24) is 9.97 Å². The summed E-state index contributed by atoms with van der Waals surface area (Å²) >= 11 is 0. The van der Waals surface area contributed by atoms with Gasteiger partial charge in [0.25, 0.3) is 0 Å². The topological polar surface area (TPSA) is 75.6 Å². The van der Waals surface area contributed by atoms with Crippen LogP contribution in [-0.2, 0) is 4.74 Å². The SMILES string of the molecule is CC(C)c1ncc(N(C)C2CCOC2)c(C(=O)O)n1. The lowest BCUT2D eigenvalue weighted by Crippen LogP contribution is -2.33.